The molecule has 0 radical (unpaired) electrons. The first-order valence-electron chi connectivity index (χ1n) is 6.46. The van der Waals surface area contributed by atoms with Crippen LogP contribution in [0.4, 0.5) is 4.39 Å². The highest BCUT2D eigenvalue weighted by atomic mass is 19.1. The van der Waals surface area contributed by atoms with Gasteiger partial charge in [0.05, 0.1) is 7.11 Å². The Kier molecular flexibility index (Phi) is 4.58. The summed E-state index contributed by atoms with van der Waals surface area (Å²) in [7, 11) is 1.50. The molecule has 2 rings (SSSR count). The standard InChI is InChI=1S/C16H18FNO2/c1-20-16-9-11(6-7-15(16)19)8-12(10-18)13-4-2-3-5-14(13)17/h2-7,9,12,19H,8,10,18H2,1H3. The quantitative estimate of drug-likeness (QED) is 0.882. The van der Waals surface area contributed by atoms with Crippen molar-refractivity contribution in [3.63, 3.8) is 0 Å². The van der Waals surface area contributed by atoms with Crippen LogP contribution in [0, 0.1) is 5.82 Å². The number of phenols is 1. The number of benzene rings is 2. The fourth-order valence-electron chi connectivity index (χ4n) is 2.26. The van der Waals surface area contributed by atoms with Crippen molar-refractivity contribution in [3.8, 4) is 11.5 Å². The highest BCUT2D eigenvalue weighted by Crippen LogP contribution is 2.29. The molecule has 0 amide bonds. The molecule has 0 spiro atoms. The van der Waals surface area contributed by atoms with Crippen LogP contribution < -0.4 is 10.5 Å². The monoisotopic (exact) mass is 275 g/mol. The molecule has 106 valence electrons. The molecular formula is C16H18FNO2. The van der Waals surface area contributed by atoms with Crippen LogP contribution in [0.2, 0.25) is 0 Å². The zero-order valence-corrected chi connectivity index (χ0v) is 11.3. The summed E-state index contributed by atoms with van der Waals surface area (Å²) in [5.74, 6) is 0.150. The first-order valence-corrected chi connectivity index (χ1v) is 6.46. The lowest BCUT2D eigenvalue weighted by atomic mass is 9.91. The topological polar surface area (TPSA) is 55.5 Å². The molecule has 0 aliphatic carbocycles. The molecule has 2 aromatic rings. The Morgan fingerprint density at radius 3 is 2.65 bits per heavy atom. The number of phenolic OH excluding ortho intramolecular Hbond substituents is 1. The van der Waals surface area contributed by atoms with E-state index in [0.717, 1.165) is 5.56 Å². The van der Waals surface area contributed by atoms with E-state index >= 15 is 0 Å². The van der Waals surface area contributed by atoms with Crippen molar-refractivity contribution in [1.29, 1.82) is 0 Å². The van der Waals surface area contributed by atoms with Crippen LogP contribution in [0.3, 0.4) is 0 Å². The third kappa shape index (κ3) is 3.08. The fraction of sp³-hybridized carbons (Fsp3) is 0.250. The van der Waals surface area contributed by atoms with E-state index in [4.69, 9.17) is 10.5 Å². The summed E-state index contributed by atoms with van der Waals surface area (Å²) >= 11 is 0. The molecule has 2 aromatic carbocycles. The van der Waals surface area contributed by atoms with Gasteiger partial charge in [0.1, 0.15) is 5.82 Å². The molecule has 0 aliphatic rings. The van der Waals surface area contributed by atoms with E-state index in [1.807, 2.05) is 0 Å². The van der Waals surface area contributed by atoms with E-state index in [1.54, 1.807) is 36.4 Å². The predicted molar refractivity (Wildman–Crippen MR) is 76.6 cm³/mol. The first-order chi connectivity index (χ1) is 9.65. The second-order valence-electron chi connectivity index (χ2n) is 4.66. The maximum atomic E-state index is 13.8. The molecule has 0 saturated heterocycles. The van der Waals surface area contributed by atoms with Gasteiger partial charge < -0.3 is 15.6 Å². The fourth-order valence-corrected chi connectivity index (χ4v) is 2.26. The number of nitrogens with two attached hydrogens (primary N) is 1. The molecule has 0 aromatic heterocycles. The van der Waals surface area contributed by atoms with E-state index < -0.39 is 0 Å². The van der Waals surface area contributed by atoms with Crippen LogP contribution in [0.5, 0.6) is 11.5 Å². The van der Waals surface area contributed by atoms with Gasteiger partial charge in [-0.15, -0.1) is 0 Å². The second kappa shape index (κ2) is 6.39. The minimum atomic E-state index is -0.242. The molecule has 1 atom stereocenters. The van der Waals surface area contributed by atoms with Gasteiger partial charge in [0.15, 0.2) is 11.5 Å². The van der Waals surface area contributed by atoms with Gasteiger partial charge in [0, 0.05) is 5.92 Å². The Balaban J connectivity index is 2.25. The lowest BCUT2D eigenvalue weighted by Gasteiger charge is -2.16. The van der Waals surface area contributed by atoms with Crippen molar-refractivity contribution in [1.82, 2.24) is 0 Å². The largest absolute Gasteiger partial charge is 0.504 e. The molecule has 3 N–H and O–H groups in total. The van der Waals surface area contributed by atoms with Crippen LogP contribution >= 0.6 is 0 Å². The van der Waals surface area contributed by atoms with Gasteiger partial charge in [0.25, 0.3) is 0 Å². The van der Waals surface area contributed by atoms with Crippen LogP contribution in [-0.2, 0) is 6.42 Å². The van der Waals surface area contributed by atoms with Crippen LogP contribution in [0.25, 0.3) is 0 Å². The normalized spacial score (nSPS) is 12.2. The summed E-state index contributed by atoms with van der Waals surface area (Å²) in [6.45, 7) is 0.351. The van der Waals surface area contributed by atoms with E-state index in [-0.39, 0.29) is 17.5 Å². The number of aromatic hydroxyl groups is 1. The van der Waals surface area contributed by atoms with E-state index in [2.05, 4.69) is 0 Å². The highest BCUT2D eigenvalue weighted by molar-refractivity contribution is 5.42. The minimum absolute atomic E-state index is 0.0893. The zero-order chi connectivity index (χ0) is 14.5. The van der Waals surface area contributed by atoms with Crippen molar-refractivity contribution >= 4 is 0 Å². The van der Waals surface area contributed by atoms with Gasteiger partial charge in [0.2, 0.25) is 0 Å². The molecule has 0 aliphatic heterocycles. The van der Waals surface area contributed by atoms with Gasteiger partial charge in [-0.3, -0.25) is 0 Å². The van der Waals surface area contributed by atoms with Crippen molar-refractivity contribution in [2.24, 2.45) is 5.73 Å². The average molecular weight is 275 g/mol. The average Bonchev–Trinajstić information content (AvgIpc) is 2.47. The molecule has 4 heteroatoms. The van der Waals surface area contributed by atoms with E-state index in [0.29, 0.717) is 24.3 Å². The lowest BCUT2D eigenvalue weighted by Crippen LogP contribution is -2.16. The van der Waals surface area contributed by atoms with Crippen LogP contribution in [0.1, 0.15) is 17.0 Å². The molecule has 0 heterocycles. The Morgan fingerprint density at radius 2 is 2.00 bits per heavy atom. The lowest BCUT2D eigenvalue weighted by molar-refractivity contribution is 0.373. The van der Waals surface area contributed by atoms with Crippen molar-refractivity contribution in [2.45, 2.75) is 12.3 Å². The summed E-state index contributed by atoms with van der Waals surface area (Å²) < 4.78 is 18.9. The summed E-state index contributed by atoms with van der Waals surface area (Å²) in [4.78, 5) is 0. The van der Waals surface area contributed by atoms with E-state index in [9.17, 15) is 9.50 Å². The minimum Gasteiger partial charge on any atom is -0.504 e. The Hall–Kier alpha value is -2.07. The SMILES string of the molecule is COc1cc(CC(CN)c2ccccc2F)ccc1O. The third-order valence-electron chi connectivity index (χ3n) is 3.36. The summed E-state index contributed by atoms with van der Waals surface area (Å²) in [6.07, 6.45) is 0.591. The molecule has 20 heavy (non-hydrogen) atoms. The number of hydrogen-bond acceptors (Lipinski definition) is 3. The van der Waals surface area contributed by atoms with Crippen LogP contribution in [0.15, 0.2) is 42.5 Å². The highest BCUT2D eigenvalue weighted by Gasteiger charge is 2.15. The molecule has 0 bridgehead atoms. The Morgan fingerprint density at radius 1 is 1.25 bits per heavy atom. The maximum absolute atomic E-state index is 13.8. The Labute approximate surface area is 117 Å². The van der Waals surface area contributed by atoms with Gasteiger partial charge in [-0.2, -0.15) is 0 Å². The summed E-state index contributed by atoms with van der Waals surface area (Å²) in [5, 5.41) is 9.58. The van der Waals surface area contributed by atoms with Crippen molar-refractivity contribution in [3.05, 3.63) is 59.4 Å². The first kappa shape index (κ1) is 14.3. The number of hydrogen-bond donors (Lipinski definition) is 2. The molecule has 1 unspecified atom stereocenters. The zero-order valence-electron chi connectivity index (χ0n) is 11.3. The number of ether oxygens (including phenoxy) is 1. The smallest absolute Gasteiger partial charge is 0.160 e. The maximum Gasteiger partial charge on any atom is 0.160 e. The van der Waals surface area contributed by atoms with E-state index in [1.165, 1.54) is 13.2 Å². The molecule has 3 nitrogen and oxygen atoms in total. The third-order valence-corrected chi connectivity index (χ3v) is 3.36. The summed E-state index contributed by atoms with van der Waals surface area (Å²) in [6, 6.07) is 11.8. The van der Waals surface area contributed by atoms with Crippen molar-refractivity contribution in [2.75, 3.05) is 13.7 Å². The molecule has 0 saturated carbocycles. The van der Waals surface area contributed by atoms with Gasteiger partial charge in [-0.25, -0.2) is 4.39 Å². The van der Waals surface area contributed by atoms with Gasteiger partial charge in [-0.1, -0.05) is 24.3 Å². The summed E-state index contributed by atoms with van der Waals surface area (Å²) in [5.41, 5.74) is 7.33. The Bertz CT molecular complexity index is 586. The number of halogens is 1. The second-order valence-corrected chi connectivity index (χ2v) is 4.66. The van der Waals surface area contributed by atoms with Gasteiger partial charge >= 0.3 is 0 Å². The van der Waals surface area contributed by atoms with Crippen LogP contribution in [-0.4, -0.2) is 18.8 Å². The van der Waals surface area contributed by atoms with Gasteiger partial charge in [-0.05, 0) is 42.3 Å². The number of methoxy groups -OCH3 is 1. The number of rotatable bonds is 5. The van der Waals surface area contributed by atoms with Crippen molar-refractivity contribution < 1.29 is 14.2 Å². The molecular weight excluding hydrogens is 257 g/mol. The molecule has 0 fully saturated rings. The predicted octanol–water partition coefficient (Wildman–Crippen LogP) is 2.82.